The smallest absolute Gasteiger partial charge is 0.0546 e. The summed E-state index contributed by atoms with van der Waals surface area (Å²) in [7, 11) is 0. The Hall–Kier alpha value is -8.26. The summed E-state index contributed by atoms with van der Waals surface area (Å²) in [6, 6.07) is 91.5. The normalized spacial score (nSPS) is 12.5. The highest BCUT2D eigenvalue weighted by atomic mass is 15.1. The average molecular weight is 842 g/mol. The second-order valence-electron chi connectivity index (χ2n) is 18.1. The van der Waals surface area contributed by atoms with Crippen LogP contribution in [0.3, 0.4) is 0 Å². The maximum absolute atomic E-state index is 2.47. The lowest BCUT2D eigenvalue weighted by Crippen LogP contribution is -2.14. The molecule has 1 aliphatic carbocycles. The first-order valence-corrected chi connectivity index (χ1v) is 23.0. The molecule has 0 heterocycles. The molecule has 0 aromatic heterocycles. The molecule has 1 aliphatic rings. The van der Waals surface area contributed by atoms with Crippen LogP contribution in [0.5, 0.6) is 0 Å². The van der Waals surface area contributed by atoms with Gasteiger partial charge in [0.25, 0.3) is 0 Å². The molecule has 0 radical (unpaired) electrons. The molecule has 0 saturated heterocycles. The van der Waals surface area contributed by atoms with E-state index in [4.69, 9.17) is 0 Å². The summed E-state index contributed by atoms with van der Waals surface area (Å²) < 4.78 is 0. The van der Waals surface area contributed by atoms with Crippen molar-refractivity contribution in [1.29, 1.82) is 0 Å². The van der Waals surface area contributed by atoms with E-state index in [-0.39, 0.29) is 5.41 Å². The average Bonchev–Trinajstić information content (AvgIpc) is 3.62. The number of rotatable bonds is 8. The number of hydrogen-bond acceptors (Lipinski definition) is 1. The van der Waals surface area contributed by atoms with Gasteiger partial charge in [-0.2, -0.15) is 0 Å². The van der Waals surface area contributed by atoms with Crippen LogP contribution in [0.1, 0.15) is 25.0 Å². The third kappa shape index (κ3) is 6.71. The van der Waals surface area contributed by atoms with E-state index in [1.54, 1.807) is 0 Å². The van der Waals surface area contributed by atoms with Crippen molar-refractivity contribution in [2.24, 2.45) is 0 Å². The van der Waals surface area contributed by atoms with Gasteiger partial charge in [-0.25, -0.2) is 0 Å². The maximum Gasteiger partial charge on any atom is 0.0546 e. The number of fused-ring (bicyclic) bond motifs is 6. The van der Waals surface area contributed by atoms with Gasteiger partial charge in [-0.15, -0.1) is 0 Å². The Balaban J connectivity index is 1.05. The zero-order valence-corrected chi connectivity index (χ0v) is 37.1. The molecule has 0 bridgehead atoms. The van der Waals surface area contributed by atoms with Crippen molar-refractivity contribution in [2.45, 2.75) is 19.3 Å². The van der Waals surface area contributed by atoms with Crippen molar-refractivity contribution in [3.63, 3.8) is 0 Å². The molecule has 0 spiro atoms. The molecular weight excluding hydrogens is 795 g/mol. The Labute approximate surface area is 387 Å². The topological polar surface area (TPSA) is 3.24 Å². The third-order valence-corrected chi connectivity index (χ3v) is 13.9. The van der Waals surface area contributed by atoms with Crippen LogP contribution in [0.15, 0.2) is 249 Å². The van der Waals surface area contributed by atoms with Crippen molar-refractivity contribution in [3.8, 4) is 66.8 Å². The fourth-order valence-corrected chi connectivity index (χ4v) is 10.6. The fourth-order valence-electron chi connectivity index (χ4n) is 10.6. The molecule has 312 valence electrons. The zero-order chi connectivity index (χ0) is 44.2. The van der Waals surface area contributed by atoms with Gasteiger partial charge < -0.3 is 4.90 Å². The highest BCUT2D eigenvalue weighted by Crippen LogP contribution is 2.51. The third-order valence-electron chi connectivity index (χ3n) is 13.9. The number of nitrogens with zero attached hydrogens (tertiary/aromatic N) is 1. The summed E-state index contributed by atoms with van der Waals surface area (Å²) in [5.74, 6) is 0. The van der Waals surface area contributed by atoms with Gasteiger partial charge in [0.2, 0.25) is 0 Å². The standard InChI is InChI=1S/C65H47N/c1-65(2)61-29-14-13-26-58(61)60-43-50(36-40-62(60)65)48-22-15-23-53(42-48)66(52-37-33-44(34-38-52)49-35-39-56-51(41-49)32-31-47-21-9-10-24-54(47)56)63-30-16-28-57(46-19-7-4-8-20-46)64(63)59-27-12-11-25-55(59)45-17-5-3-6-18-45/h3-43H,1-2H3. The van der Waals surface area contributed by atoms with E-state index in [2.05, 4.69) is 267 Å². The molecule has 0 amide bonds. The van der Waals surface area contributed by atoms with Gasteiger partial charge in [-0.3, -0.25) is 0 Å². The van der Waals surface area contributed by atoms with E-state index in [1.807, 2.05) is 0 Å². The van der Waals surface area contributed by atoms with Crippen LogP contribution < -0.4 is 4.90 Å². The summed E-state index contributed by atoms with van der Waals surface area (Å²) in [4.78, 5) is 2.47. The lowest BCUT2D eigenvalue weighted by Gasteiger charge is -2.30. The minimum absolute atomic E-state index is 0.0489. The van der Waals surface area contributed by atoms with Crippen LogP contribution in [0, 0.1) is 0 Å². The summed E-state index contributed by atoms with van der Waals surface area (Å²) in [5, 5.41) is 5.06. The molecule has 0 saturated carbocycles. The minimum Gasteiger partial charge on any atom is -0.310 e. The molecule has 1 nitrogen and oxygen atoms in total. The number of anilines is 3. The molecule has 0 atom stereocenters. The second kappa shape index (κ2) is 16.1. The van der Waals surface area contributed by atoms with E-state index < -0.39 is 0 Å². The lowest BCUT2D eigenvalue weighted by atomic mass is 9.82. The Bertz CT molecular complexity index is 3600. The predicted molar refractivity (Wildman–Crippen MR) is 281 cm³/mol. The van der Waals surface area contributed by atoms with E-state index in [1.165, 1.54) is 99.4 Å². The van der Waals surface area contributed by atoms with E-state index in [9.17, 15) is 0 Å². The molecule has 1 heteroatoms. The fraction of sp³-hybridized carbons (Fsp3) is 0.0462. The molecule has 0 aliphatic heterocycles. The first kappa shape index (κ1) is 39.3. The van der Waals surface area contributed by atoms with Crippen molar-refractivity contribution < 1.29 is 0 Å². The van der Waals surface area contributed by atoms with E-state index >= 15 is 0 Å². The van der Waals surface area contributed by atoms with Gasteiger partial charge in [0.1, 0.15) is 0 Å². The quantitative estimate of drug-likeness (QED) is 0.138. The van der Waals surface area contributed by atoms with Crippen LogP contribution in [-0.2, 0) is 5.41 Å². The molecule has 0 fully saturated rings. The van der Waals surface area contributed by atoms with E-state index in [0.29, 0.717) is 0 Å². The predicted octanol–water partition coefficient (Wildman–Crippen LogP) is 18.1. The highest BCUT2D eigenvalue weighted by Gasteiger charge is 2.35. The lowest BCUT2D eigenvalue weighted by molar-refractivity contribution is 0.660. The van der Waals surface area contributed by atoms with Gasteiger partial charge in [0, 0.05) is 22.4 Å². The van der Waals surface area contributed by atoms with Gasteiger partial charge in [0.05, 0.1) is 5.69 Å². The Morgan fingerprint density at radius 3 is 1.64 bits per heavy atom. The van der Waals surface area contributed by atoms with Crippen LogP contribution in [0.4, 0.5) is 17.1 Å². The first-order valence-electron chi connectivity index (χ1n) is 23.0. The molecular formula is C65H47N. The molecule has 0 unspecified atom stereocenters. The molecule has 0 N–H and O–H groups in total. The monoisotopic (exact) mass is 841 g/mol. The zero-order valence-electron chi connectivity index (χ0n) is 37.1. The molecule has 11 aromatic carbocycles. The summed E-state index contributed by atoms with van der Waals surface area (Å²) in [5.41, 5.74) is 20.5. The van der Waals surface area contributed by atoms with Gasteiger partial charge >= 0.3 is 0 Å². The minimum atomic E-state index is -0.0489. The Kier molecular flexibility index (Phi) is 9.58. The SMILES string of the molecule is CC1(C)c2ccccc2-c2cc(-c3cccc(N(c4ccc(-c5ccc6c(ccc7ccccc76)c5)cc4)c4cccc(-c5ccccc5)c4-c4ccccc4-c4ccccc4)c3)ccc21. The summed E-state index contributed by atoms with van der Waals surface area (Å²) in [6.45, 7) is 4.69. The summed E-state index contributed by atoms with van der Waals surface area (Å²) >= 11 is 0. The van der Waals surface area contributed by atoms with Gasteiger partial charge in [-0.1, -0.05) is 220 Å². The van der Waals surface area contributed by atoms with E-state index in [0.717, 1.165) is 17.1 Å². The van der Waals surface area contributed by atoms with Crippen LogP contribution >= 0.6 is 0 Å². The Morgan fingerprint density at radius 1 is 0.288 bits per heavy atom. The Morgan fingerprint density at radius 2 is 0.833 bits per heavy atom. The van der Waals surface area contributed by atoms with Crippen LogP contribution in [0.25, 0.3) is 88.3 Å². The first-order chi connectivity index (χ1) is 32.5. The highest BCUT2D eigenvalue weighted by molar-refractivity contribution is 6.08. The number of benzene rings is 11. The van der Waals surface area contributed by atoms with Crippen molar-refractivity contribution >= 4 is 38.6 Å². The van der Waals surface area contributed by atoms with Crippen molar-refractivity contribution in [2.75, 3.05) is 4.90 Å². The summed E-state index contributed by atoms with van der Waals surface area (Å²) in [6.07, 6.45) is 0. The second-order valence-corrected chi connectivity index (χ2v) is 18.1. The van der Waals surface area contributed by atoms with Crippen molar-refractivity contribution in [1.82, 2.24) is 0 Å². The van der Waals surface area contributed by atoms with Crippen molar-refractivity contribution in [3.05, 3.63) is 260 Å². The van der Waals surface area contributed by atoms with Gasteiger partial charge in [0.15, 0.2) is 0 Å². The molecule has 12 rings (SSSR count). The molecule has 11 aromatic rings. The van der Waals surface area contributed by atoms with Crippen LogP contribution in [-0.4, -0.2) is 0 Å². The number of hydrogen-bond donors (Lipinski definition) is 0. The van der Waals surface area contributed by atoms with Gasteiger partial charge in [-0.05, 0) is 136 Å². The van der Waals surface area contributed by atoms with Crippen LogP contribution in [0.2, 0.25) is 0 Å². The largest absolute Gasteiger partial charge is 0.310 e. The maximum atomic E-state index is 2.47. The molecule has 66 heavy (non-hydrogen) atoms.